The number of benzene rings is 1. The maximum Gasteiger partial charge on any atom is 0.224 e. The van der Waals surface area contributed by atoms with Gasteiger partial charge in [-0.25, -0.2) is 4.39 Å². The first-order valence-electron chi connectivity index (χ1n) is 7.07. The Morgan fingerprint density at radius 3 is 2.91 bits per heavy atom. The molecule has 0 aliphatic carbocycles. The van der Waals surface area contributed by atoms with Gasteiger partial charge < -0.3 is 15.4 Å². The average molecular weight is 324 g/mol. The van der Waals surface area contributed by atoms with Crippen LogP contribution in [0.5, 0.6) is 0 Å². The highest BCUT2D eigenvalue weighted by Gasteiger charge is 2.21. The topological polar surface area (TPSA) is 65.1 Å². The quantitative estimate of drug-likeness (QED) is 0.764. The van der Waals surface area contributed by atoms with E-state index in [1.54, 1.807) is 13.0 Å². The number of aliphatic hydroxyl groups is 1. The fraction of sp³-hybridized carbons (Fsp3) is 0.438. The summed E-state index contributed by atoms with van der Waals surface area (Å²) in [7, 11) is 0. The summed E-state index contributed by atoms with van der Waals surface area (Å²) in [6, 6.07) is 4.50. The van der Waals surface area contributed by atoms with Crippen LogP contribution in [0.4, 0.5) is 4.39 Å². The number of amides is 1. The highest BCUT2D eigenvalue weighted by Crippen LogP contribution is 2.23. The van der Waals surface area contributed by atoms with E-state index in [1.165, 1.54) is 23.9 Å². The minimum atomic E-state index is -0.934. The molecule has 1 aromatic heterocycles. The van der Waals surface area contributed by atoms with E-state index >= 15 is 0 Å². The van der Waals surface area contributed by atoms with Crippen LogP contribution < -0.4 is 5.32 Å². The molecule has 2 aromatic rings. The Bertz CT molecular complexity index is 682. The second-order valence-corrected chi connectivity index (χ2v) is 6.67. The molecule has 0 fully saturated rings. The average Bonchev–Trinajstić information content (AvgIpc) is 2.73. The van der Waals surface area contributed by atoms with Gasteiger partial charge in [-0.2, -0.15) is 11.8 Å². The third-order valence-electron chi connectivity index (χ3n) is 3.54. The van der Waals surface area contributed by atoms with Crippen LogP contribution in [0.25, 0.3) is 10.9 Å². The van der Waals surface area contributed by atoms with Crippen molar-refractivity contribution in [1.29, 1.82) is 0 Å². The van der Waals surface area contributed by atoms with E-state index in [9.17, 15) is 14.3 Å². The number of halogens is 1. The predicted molar refractivity (Wildman–Crippen MR) is 88.7 cm³/mol. The zero-order chi connectivity index (χ0) is 16.3. The molecule has 1 heterocycles. The van der Waals surface area contributed by atoms with Gasteiger partial charge in [-0.05, 0) is 43.9 Å². The lowest BCUT2D eigenvalue weighted by atomic mass is 10.1. The molecule has 1 aromatic carbocycles. The van der Waals surface area contributed by atoms with Crippen molar-refractivity contribution in [2.45, 2.75) is 25.9 Å². The maximum atomic E-state index is 13.4. The first kappa shape index (κ1) is 16.8. The summed E-state index contributed by atoms with van der Waals surface area (Å²) in [6.07, 6.45) is 2.06. The number of thioether (sulfide) groups is 1. The molecule has 0 aliphatic heterocycles. The number of aryl methyl sites for hydroxylation is 1. The third kappa shape index (κ3) is 4.01. The lowest BCUT2D eigenvalue weighted by molar-refractivity contribution is -0.121. The molecule has 0 aliphatic rings. The number of hydrogen-bond acceptors (Lipinski definition) is 3. The molecule has 4 nitrogen and oxygen atoms in total. The van der Waals surface area contributed by atoms with Crippen molar-refractivity contribution in [2.75, 3.05) is 18.6 Å². The lowest BCUT2D eigenvalue weighted by Gasteiger charge is -2.22. The van der Waals surface area contributed by atoms with Crippen molar-refractivity contribution >= 4 is 28.6 Å². The van der Waals surface area contributed by atoms with E-state index in [0.29, 0.717) is 5.75 Å². The van der Waals surface area contributed by atoms with Crippen molar-refractivity contribution in [3.05, 3.63) is 35.3 Å². The Morgan fingerprint density at radius 1 is 1.50 bits per heavy atom. The molecule has 0 radical (unpaired) electrons. The minimum Gasteiger partial charge on any atom is -0.387 e. The highest BCUT2D eigenvalue weighted by molar-refractivity contribution is 7.98. The van der Waals surface area contributed by atoms with Crippen LogP contribution in [-0.2, 0) is 11.2 Å². The van der Waals surface area contributed by atoms with Crippen LogP contribution in [0.15, 0.2) is 18.2 Å². The van der Waals surface area contributed by atoms with Gasteiger partial charge in [0.15, 0.2) is 0 Å². The number of aromatic nitrogens is 1. The van der Waals surface area contributed by atoms with E-state index in [4.69, 9.17) is 0 Å². The summed E-state index contributed by atoms with van der Waals surface area (Å²) >= 11 is 1.52. The fourth-order valence-corrected chi connectivity index (χ4v) is 3.18. The summed E-state index contributed by atoms with van der Waals surface area (Å²) in [5.74, 6) is 0.0376. The summed E-state index contributed by atoms with van der Waals surface area (Å²) in [6.45, 7) is 3.75. The van der Waals surface area contributed by atoms with Gasteiger partial charge in [-0.3, -0.25) is 4.79 Å². The molecule has 1 amide bonds. The van der Waals surface area contributed by atoms with Crippen LogP contribution in [0.1, 0.15) is 18.2 Å². The zero-order valence-corrected chi connectivity index (χ0v) is 13.8. The molecular weight excluding hydrogens is 303 g/mol. The number of aromatic amines is 1. The summed E-state index contributed by atoms with van der Waals surface area (Å²) < 4.78 is 13.4. The van der Waals surface area contributed by atoms with Crippen LogP contribution >= 0.6 is 11.8 Å². The molecule has 3 N–H and O–H groups in total. The van der Waals surface area contributed by atoms with Crippen molar-refractivity contribution in [2.24, 2.45) is 0 Å². The number of carbonyl (C=O) groups is 1. The van der Waals surface area contributed by atoms with E-state index < -0.39 is 5.60 Å². The first-order chi connectivity index (χ1) is 10.3. The summed E-state index contributed by atoms with van der Waals surface area (Å²) in [5.41, 5.74) is 1.52. The van der Waals surface area contributed by atoms with Gasteiger partial charge in [-0.1, -0.05) is 0 Å². The minimum absolute atomic E-state index is 0.157. The lowest BCUT2D eigenvalue weighted by Crippen LogP contribution is -2.42. The molecule has 120 valence electrons. The van der Waals surface area contributed by atoms with E-state index in [1.807, 2.05) is 13.2 Å². The highest BCUT2D eigenvalue weighted by atomic mass is 32.2. The van der Waals surface area contributed by atoms with Crippen LogP contribution in [-0.4, -0.2) is 40.2 Å². The van der Waals surface area contributed by atoms with Gasteiger partial charge in [0.25, 0.3) is 0 Å². The molecule has 2 rings (SSSR count). The third-order valence-corrected chi connectivity index (χ3v) is 4.45. The normalized spacial score (nSPS) is 14.0. The first-order valence-corrected chi connectivity index (χ1v) is 8.46. The largest absolute Gasteiger partial charge is 0.387 e. The summed E-state index contributed by atoms with van der Waals surface area (Å²) in [5, 5.41) is 13.5. The Balaban J connectivity index is 2.09. The monoisotopic (exact) mass is 324 g/mol. The van der Waals surface area contributed by atoms with Crippen LogP contribution in [0.2, 0.25) is 0 Å². The number of fused-ring (bicyclic) bond motifs is 1. The number of H-pyrrole nitrogens is 1. The molecule has 22 heavy (non-hydrogen) atoms. The standard InChI is InChI=1S/C16H21FN2O2S/c1-10-12(13-6-11(17)4-5-14(13)19-10)7-15(20)18-8-16(2,21)9-22-3/h4-6,19,21H,7-9H2,1-3H3,(H,18,20). The van der Waals surface area contributed by atoms with Gasteiger partial charge in [-0.15, -0.1) is 0 Å². The smallest absolute Gasteiger partial charge is 0.224 e. The number of carbonyl (C=O) groups excluding carboxylic acids is 1. The van der Waals surface area contributed by atoms with Crippen molar-refractivity contribution < 1.29 is 14.3 Å². The van der Waals surface area contributed by atoms with Gasteiger partial charge in [0.2, 0.25) is 5.91 Å². The second-order valence-electron chi connectivity index (χ2n) is 5.80. The van der Waals surface area contributed by atoms with Gasteiger partial charge in [0.1, 0.15) is 5.82 Å². The van der Waals surface area contributed by atoms with E-state index in [0.717, 1.165) is 22.2 Å². The molecule has 0 bridgehead atoms. The second kappa shape index (κ2) is 6.71. The van der Waals surface area contributed by atoms with Crippen LogP contribution in [0.3, 0.4) is 0 Å². The predicted octanol–water partition coefficient (Wildman–Crippen LogP) is 2.39. The van der Waals surface area contributed by atoms with Gasteiger partial charge >= 0.3 is 0 Å². The Hall–Kier alpha value is -1.53. The van der Waals surface area contributed by atoms with Crippen molar-refractivity contribution in [3.63, 3.8) is 0 Å². The van der Waals surface area contributed by atoms with E-state index in [-0.39, 0.29) is 24.7 Å². The zero-order valence-electron chi connectivity index (χ0n) is 13.0. The van der Waals surface area contributed by atoms with Crippen molar-refractivity contribution in [3.8, 4) is 0 Å². The molecule has 0 saturated heterocycles. The molecule has 0 saturated carbocycles. The van der Waals surface area contributed by atoms with Gasteiger partial charge in [0.05, 0.1) is 12.0 Å². The number of hydrogen-bond donors (Lipinski definition) is 3. The Morgan fingerprint density at radius 2 is 2.23 bits per heavy atom. The number of rotatable bonds is 6. The van der Waals surface area contributed by atoms with Gasteiger partial charge in [0, 0.05) is 28.9 Å². The van der Waals surface area contributed by atoms with Crippen molar-refractivity contribution in [1.82, 2.24) is 10.3 Å². The molecular formula is C16H21FN2O2S. The molecule has 0 spiro atoms. The molecule has 1 unspecified atom stereocenters. The van der Waals surface area contributed by atoms with Crippen LogP contribution in [0, 0.1) is 12.7 Å². The Labute approximate surface area is 133 Å². The van der Waals surface area contributed by atoms with E-state index in [2.05, 4.69) is 10.3 Å². The number of nitrogens with one attached hydrogen (secondary N) is 2. The fourth-order valence-electron chi connectivity index (χ4n) is 2.46. The SMILES string of the molecule is CSCC(C)(O)CNC(=O)Cc1c(C)[nH]c2ccc(F)cc12. The Kier molecular flexibility index (Phi) is 5.13. The molecule has 1 atom stereocenters. The maximum absolute atomic E-state index is 13.4. The summed E-state index contributed by atoms with van der Waals surface area (Å²) in [4.78, 5) is 15.3. The molecule has 6 heteroatoms.